The lowest BCUT2D eigenvalue weighted by atomic mass is 10.2. The number of carbonyl (C=O) groups is 1. The van der Waals surface area contributed by atoms with E-state index in [1.165, 1.54) is 0 Å². The smallest absolute Gasteiger partial charge is 0.244 e. The highest BCUT2D eigenvalue weighted by Gasteiger charge is 2.17. The van der Waals surface area contributed by atoms with Gasteiger partial charge in [-0.05, 0) is 25.0 Å². The lowest BCUT2D eigenvalue weighted by molar-refractivity contribution is -0.128. The van der Waals surface area contributed by atoms with Gasteiger partial charge in [-0.3, -0.25) is 4.79 Å². The van der Waals surface area contributed by atoms with Crippen LogP contribution >= 0.6 is 0 Å². The van der Waals surface area contributed by atoms with Crippen LogP contribution < -0.4 is 20.5 Å². The van der Waals surface area contributed by atoms with E-state index >= 15 is 0 Å². The largest absolute Gasteiger partial charge is 0.497 e. The van der Waals surface area contributed by atoms with E-state index in [1.54, 1.807) is 32.4 Å². The van der Waals surface area contributed by atoms with Gasteiger partial charge < -0.3 is 25.4 Å². The third-order valence-electron chi connectivity index (χ3n) is 3.51. The van der Waals surface area contributed by atoms with Crippen LogP contribution in [0.25, 0.3) is 0 Å². The minimum absolute atomic E-state index is 0.000132. The molecule has 1 heterocycles. The summed E-state index contributed by atoms with van der Waals surface area (Å²) < 4.78 is 10.4. The van der Waals surface area contributed by atoms with Crippen LogP contribution in [-0.2, 0) is 4.79 Å². The molecule has 3 N–H and O–H groups in total. The summed E-state index contributed by atoms with van der Waals surface area (Å²) in [6, 6.07) is 5.31. The van der Waals surface area contributed by atoms with Crippen LogP contribution in [0.1, 0.15) is 12.8 Å². The van der Waals surface area contributed by atoms with Gasteiger partial charge in [0.1, 0.15) is 18.0 Å². The number of aliphatic imine (C=N–C) groups is 1. The molecule has 0 atom stereocenters. The molecule has 0 spiro atoms. The average molecular weight is 306 g/mol. The van der Waals surface area contributed by atoms with Gasteiger partial charge in [0.25, 0.3) is 0 Å². The first-order valence-electron chi connectivity index (χ1n) is 7.21. The summed E-state index contributed by atoms with van der Waals surface area (Å²) in [7, 11) is 3.15. The van der Waals surface area contributed by atoms with Gasteiger partial charge in [-0.15, -0.1) is 0 Å². The third-order valence-corrected chi connectivity index (χ3v) is 3.51. The van der Waals surface area contributed by atoms with Gasteiger partial charge in [0, 0.05) is 19.2 Å². The fourth-order valence-electron chi connectivity index (χ4n) is 2.31. The Labute approximate surface area is 130 Å². The van der Waals surface area contributed by atoms with Crippen molar-refractivity contribution >= 4 is 17.6 Å². The second-order valence-electron chi connectivity index (χ2n) is 4.98. The number of hydrogen-bond acceptors (Lipinski definition) is 4. The molecule has 0 radical (unpaired) electrons. The number of rotatable bonds is 5. The van der Waals surface area contributed by atoms with Gasteiger partial charge in [0.15, 0.2) is 5.96 Å². The second kappa shape index (κ2) is 7.53. The number of nitrogens with zero attached hydrogens (tertiary/aromatic N) is 2. The van der Waals surface area contributed by atoms with Crippen molar-refractivity contribution in [3.8, 4) is 11.5 Å². The molecule has 0 unspecified atom stereocenters. The zero-order chi connectivity index (χ0) is 15.9. The Bertz CT molecular complexity index is 554. The number of anilines is 1. The number of hydrogen-bond donors (Lipinski definition) is 2. The van der Waals surface area contributed by atoms with Crippen molar-refractivity contribution in [3.05, 3.63) is 18.2 Å². The van der Waals surface area contributed by atoms with Gasteiger partial charge in [-0.25, -0.2) is 4.99 Å². The van der Waals surface area contributed by atoms with Crippen LogP contribution in [0.3, 0.4) is 0 Å². The summed E-state index contributed by atoms with van der Waals surface area (Å²) in [5.74, 6) is 1.45. The molecule has 22 heavy (non-hydrogen) atoms. The number of ether oxygens (including phenoxy) is 2. The number of nitrogens with two attached hydrogens (primary N) is 1. The van der Waals surface area contributed by atoms with Gasteiger partial charge in [-0.1, -0.05) is 0 Å². The quantitative estimate of drug-likeness (QED) is 0.627. The summed E-state index contributed by atoms with van der Waals surface area (Å²) in [5, 5.41) is 2.93. The number of guanidine groups is 1. The number of amides is 1. The molecule has 2 rings (SSSR count). The van der Waals surface area contributed by atoms with Crippen molar-refractivity contribution in [1.29, 1.82) is 0 Å². The molecule has 0 aromatic heterocycles. The van der Waals surface area contributed by atoms with Gasteiger partial charge in [-0.2, -0.15) is 0 Å². The highest BCUT2D eigenvalue weighted by molar-refractivity contribution is 5.95. The van der Waals surface area contributed by atoms with Crippen LogP contribution in [0.15, 0.2) is 23.2 Å². The molecular weight excluding hydrogens is 284 g/mol. The summed E-state index contributed by atoms with van der Waals surface area (Å²) in [4.78, 5) is 17.8. The molecule has 1 aliphatic rings. The molecular formula is C15H22N4O3. The van der Waals surface area contributed by atoms with Crippen LogP contribution in [0.5, 0.6) is 11.5 Å². The molecule has 1 aliphatic heterocycles. The standard InChI is InChI=1S/C15H22N4O3/c1-21-11-5-6-13(22-2)12(9-11)18-15(16)17-10-14(20)19-7-3-4-8-19/h5-6,9H,3-4,7-8,10H2,1-2H3,(H3,16,17,18). The average Bonchev–Trinajstić information content (AvgIpc) is 3.07. The van der Waals surface area contributed by atoms with Crippen molar-refractivity contribution in [3.63, 3.8) is 0 Å². The molecule has 7 heteroatoms. The van der Waals surface area contributed by atoms with Crippen molar-refractivity contribution < 1.29 is 14.3 Å². The van der Waals surface area contributed by atoms with Gasteiger partial charge >= 0.3 is 0 Å². The molecule has 0 bridgehead atoms. The van der Waals surface area contributed by atoms with Crippen molar-refractivity contribution in [2.24, 2.45) is 10.7 Å². The minimum atomic E-state index is -0.000132. The zero-order valence-corrected chi connectivity index (χ0v) is 13.0. The Morgan fingerprint density at radius 1 is 1.32 bits per heavy atom. The first-order chi connectivity index (χ1) is 10.6. The molecule has 1 aromatic rings. The van der Waals surface area contributed by atoms with Gasteiger partial charge in [0.2, 0.25) is 5.91 Å². The highest BCUT2D eigenvalue weighted by atomic mass is 16.5. The maximum atomic E-state index is 11.9. The summed E-state index contributed by atoms with van der Waals surface area (Å²) >= 11 is 0. The Morgan fingerprint density at radius 2 is 2.05 bits per heavy atom. The minimum Gasteiger partial charge on any atom is -0.497 e. The normalized spacial score (nSPS) is 14.8. The topological polar surface area (TPSA) is 89.2 Å². The summed E-state index contributed by atoms with van der Waals surface area (Å²) in [6.07, 6.45) is 2.12. The maximum Gasteiger partial charge on any atom is 0.244 e. The van der Waals surface area contributed by atoms with Crippen LogP contribution in [0, 0.1) is 0 Å². The van der Waals surface area contributed by atoms with Crippen molar-refractivity contribution in [2.75, 3.05) is 39.2 Å². The molecule has 120 valence electrons. The maximum absolute atomic E-state index is 11.9. The number of methoxy groups -OCH3 is 2. The zero-order valence-electron chi connectivity index (χ0n) is 13.0. The van der Waals surface area contributed by atoms with E-state index < -0.39 is 0 Å². The van der Waals surface area contributed by atoms with E-state index in [2.05, 4.69) is 10.3 Å². The number of likely N-dealkylation sites (tertiary alicyclic amines) is 1. The Hall–Kier alpha value is -2.44. The molecule has 1 fully saturated rings. The fourth-order valence-corrected chi connectivity index (χ4v) is 2.31. The molecule has 0 saturated carbocycles. The summed E-state index contributed by atoms with van der Waals surface area (Å²) in [6.45, 7) is 1.67. The fraction of sp³-hybridized carbons (Fsp3) is 0.467. The lowest BCUT2D eigenvalue weighted by Gasteiger charge is -2.14. The third kappa shape index (κ3) is 4.03. The molecule has 0 aliphatic carbocycles. The first kappa shape index (κ1) is 15.9. The second-order valence-corrected chi connectivity index (χ2v) is 4.98. The molecule has 7 nitrogen and oxygen atoms in total. The van der Waals surface area contributed by atoms with Crippen LogP contribution in [0.2, 0.25) is 0 Å². The summed E-state index contributed by atoms with van der Waals surface area (Å²) in [5.41, 5.74) is 6.48. The predicted octanol–water partition coefficient (Wildman–Crippen LogP) is 1.05. The van der Waals surface area contributed by atoms with E-state index in [4.69, 9.17) is 15.2 Å². The first-order valence-corrected chi connectivity index (χ1v) is 7.21. The van der Waals surface area contributed by atoms with E-state index in [-0.39, 0.29) is 18.4 Å². The molecule has 1 aromatic carbocycles. The molecule has 1 saturated heterocycles. The van der Waals surface area contributed by atoms with Crippen LogP contribution in [0.4, 0.5) is 5.69 Å². The van der Waals surface area contributed by atoms with E-state index in [0.29, 0.717) is 17.2 Å². The van der Waals surface area contributed by atoms with Crippen molar-refractivity contribution in [1.82, 2.24) is 4.90 Å². The highest BCUT2D eigenvalue weighted by Crippen LogP contribution is 2.28. The SMILES string of the molecule is COc1ccc(OC)c(NC(N)=NCC(=O)N2CCCC2)c1. The number of carbonyl (C=O) groups excluding carboxylic acids is 1. The predicted molar refractivity (Wildman–Crippen MR) is 85.5 cm³/mol. The van der Waals surface area contributed by atoms with Gasteiger partial charge in [0.05, 0.1) is 19.9 Å². The van der Waals surface area contributed by atoms with Crippen LogP contribution in [-0.4, -0.2) is 50.6 Å². The van der Waals surface area contributed by atoms with E-state index in [0.717, 1.165) is 25.9 Å². The molecule has 1 amide bonds. The number of benzene rings is 1. The monoisotopic (exact) mass is 306 g/mol. The number of nitrogens with one attached hydrogen (secondary N) is 1. The Balaban J connectivity index is 1.99. The van der Waals surface area contributed by atoms with E-state index in [9.17, 15) is 4.79 Å². The lowest BCUT2D eigenvalue weighted by Crippen LogP contribution is -2.31. The van der Waals surface area contributed by atoms with Crippen molar-refractivity contribution in [2.45, 2.75) is 12.8 Å². The Morgan fingerprint density at radius 3 is 2.68 bits per heavy atom. The Kier molecular flexibility index (Phi) is 5.46. The van der Waals surface area contributed by atoms with E-state index in [1.807, 2.05) is 4.90 Å².